The molecule has 0 saturated carbocycles. The van der Waals surface area contributed by atoms with E-state index in [2.05, 4.69) is 10.2 Å². The fourth-order valence-corrected chi connectivity index (χ4v) is 2.53. The number of aromatic nitrogens is 3. The molecule has 1 aromatic carbocycles. The molecule has 1 heterocycles. The summed E-state index contributed by atoms with van der Waals surface area (Å²) in [7, 11) is 2.90. The molecule has 2 aromatic rings. The van der Waals surface area contributed by atoms with Crippen LogP contribution in [-0.2, 0) is 22.5 Å². The third kappa shape index (κ3) is 3.45. The predicted molar refractivity (Wildman–Crippen MR) is 69.7 cm³/mol. The summed E-state index contributed by atoms with van der Waals surface area (Å²) in [4.78, 5) is 0. The summed E-state index contributed by atoms with van der Waals surface area (Å²) in [6.45, 7) is 0.373. The minimum absolute atomic E-state index is 0.260. The summed E-state index contributed by atoms with van der Waals surface area (Å²) in [5, 5.41) is 7.07. The smallest absolute Gasteiger partial charge is 0.296 e. The number of hydrogen-bond acceptors (Lipinski definition) is 5. The van der Waals surface area contributed by atoms with E-state index in [0.717, 1.165) is 5.75 Å². The third-order valence-corrected chi connectivity index (χ3v) is 3.69. The van der Waals surface area contributed by atoms with Crippen LogP contribution in [0.4, 0.5) is 0 Å². The van der Waals surface area contributed by atoms with Gasteiger partial charge in [-0.2, -0.15) is 0 Å². The van der Waals surface area contributed by atoms with E-state index in [1.54, 1.807) is 7.05 Å². The van der Waals surface area contributed by atoms with Crippen molar-refractivity contribution in [3.8, 4) is 5.75 Å². The molecular weight excluding hydrogens is 290 g/mol. The summed E-state index contributed by atoms with van der Waals surface area (Å²) >= 11 is 0. The van der Waals surface area contributed by atoms with E-state index in [1.165, 1.54) is 4.57 Å². The van der Waals surface area contributed by atoms with E-state index in [-0.39, 0.29) is 5.16 Å². The average molecular weight is 302 g/mol. The summed E-state index contributed by atoms with van der Waals surface area (Å²) in [5.74, 6) is 1.24. The van der Waals surface area contributed by atoms with Gasteiger partial charge in [-0.05, 0) is 12.1 Å². The number of ether oxygens (including phenoxy) is 1. The van der Waals surface area contributed by atoms with Crippen LogP contribution in [0, 0.1) is 0 Å². The summed E-state index contributed by atoms with van der Waals surface area (Å²) in [6, 6.07) is 9.31. The monoisotopic (exact) mass is 301 g/mol. The molecule has 0 spiro atoms. The Balaban J connectivity index is 2.00. The number of para-hydroxylation sites is 1. The van der Waals surface area contributed by atoms with Gasteiger partial charge in [0.15, 0.2) is 0 Å². The fraction of sp³-hybridized carbons (Fsp3) is 0.273. The molecular formula is C11H12ClN3O3S. The van der Waals surface area contributed by atoms with Gasteiger partial charge in [-0.25, -0.2) is 8.42 Å². The summed E-state index contributed by atoms with van der Waals surface area (Å²) in [5.41, 5.74) is 0. The van der Waals surface area contributed by atoms with Gasteiger partial charge in [0.05, 0.1) is 6.61 Å². The minimum Gasteiger partial charge on any atom is -0.493 e. The number of hydrogen-bond donors (Lipinski definition) is 0. The Kier molecular flexibility index (Phi) is 4.06. The zero-order valence-corrected chi connectivity index (χ0v) is 11.7. The maximum atomic E-state index is 11.2. The van der Waals surface area contributed by atoms with E-state index >= 15 is 0 Å². The highest BCUT2D eigenvalue weighted by Gasteiger charge is 2.19. The quantitative estimate of drug-likeness (QED) is 0.780. The van der Waals surface area contributed by atoms with E-state index in [9.17, 15) is 8.42 Å². The lowest BCUT2D eigenvalue weighted by molar-refractivity contribution is 0.317. The zero-order chi connectivity index (χ0) is 13.9. The normalized spacial score (nSPS) is 11.5. The highest BCUT2D eigenvalue weighted by Crippen LogP contribution is 2.13. The van der Waals surface area contributed by atoms with E-state index in [4.69, 9.17) is 15.4 Å². The maximum Gasteiger partial charge on any atom is 0.296 e. The van der Waals surface area contributed by atoms with Crippen LogP contribution in [0.1, 0.15) is 5.82 Å². The Morgan fingerprint density at radius 3 is 2.53 bits per heavy atom. The highest BCUT2D eigenvalue weighted by atomic mass is 35.7. The topological polar surface area (TPSA) is 74.1 Å². The Morgan fingerprint density at radius 1 is 1.26 bits per heavy atom. The maximum absolute atomic E-state index is 11.2. The van der Waals surface area contributed by atoms with Crippen LogP contribution in [0.3, 0.4) is 0 Å². The van der Waals surface area contributed by atoms with Crippen LogP contribution in [0.15, 0.2) is 35.5 Å². The van der Waals surface area contributed by atoms with Crippen LogP contribution in [-0.4, -0.2) is 29.8 Å². The first-order valence-corrected chi connectivity index (χ1v) is 7.80. The van der Waals surface area contributed by atoms with Gasteiger partial charge in [0.1, 0.15) is 11.6 Å². The largest absolute Gasteiger partial charge is 0.493 e. The predicted octanol–water partition coefficient (Wildman–Crippen LogP) is 1.36. The van der Waals surface area contributed by atoms with Crippen molar-refractivity contribution in [3.63, 3.8) is 0 Å². The molecule has 0 saturated heterocycles. The molecule has 0 bridgehead atoms. The lowest BCUT2D eigenvalue weighted by atomic mass is 10.3. The van der Waals surface area contributed by atoms with E-state index < -0.39 is 9.05 Å². The number of nitrogens with zero attached hydrogens (tertiary/aromatic N) is 3. The van der Waals surface area contributed by atoms with Crippen molar-refractivity contribution in [2.75, 3.05) is 6.61 Å². The molecule has 1 aromatic heterocycles. The van der Waals surface area contributed by atoms with Gasteiger partial charge in [-0.1, -0.05) is 18.2 Å². The van der Waals surface area contributed by atoms with Crippen LogP contribution >= 0.6 is 10.7 Å². The first-order chi connectivity index (χ1) is 8.98. The number of rotatable bonds is 5. The van der Waals surface area contributed by atoms with Gasteiger partial charge in [0.2, 0.25) is 0 Å². The van der Waals surface area contributed by atoms with E-state index in [0.29, 0.717) is 18.9 Å². The van der Waals surface area contributed by atoms with Gasteiger partial charge in [-0.15, -0.1) is 10.2 Å². The van der Waals surface area contributed by atoms with Crippen molar-refractivity contribution in [1.29, 1.82) is 0 Å². The minimum atomic E-state index is -3.87. The van der Waals surface area contributed by atoms with Crippen molar-refractivity contribution in [3.05, 3.63) is 36.2 Å². The van der Waals surface area contributed by atoms with Crippen LogP contribution in [0.5, 0.6) is 5.75 Å². The Hall–Kier alpha value is -1.60. The number of halogens is 1. The Labute approximate surface area is 115 Å². The van der Waals surface area contributed by atoms with E-state index in [1.807, 2.05) is 30.3 Å². The molecule has 0 amide bonds. The molecule has 0 aliphatic heterocycles. The second-order valence-corrected chi connectivity index (χ2v) is 6.27. The second kappa shape index (κ2) is 5.58. The van der Waals surface area contributed by atoms with Gasteiger partial charge in [-0.3, -0.25) is 0 Å². The van der Waals surface area contributed by atoms with Crippen molar-refractivity contribution in [2.45, 2.75) is 11.6 Å². The molecule has 0 aliphatic rings. The Morgan fingerprint density at radius 2 is 1.95 bits per heavy atom. The summed E-state index contributed by atoms with van der Waals surface area (Å²) < 4.78 is 29.2. The molecule has 0 atom stereocenters. The van der Waals surface area contributed by atoms with Crippen molar-refractivity contribution < 1.29 is 13.2 Å². The van der Waals surface area contributed by atoms with Crippen molar-refractivity contribution in [1.82, 2.24) is 14.8 Å². The molecule has 0 unspecified atom stereocenters. The first-order valence-electron chi connectivity index (χ1n) is 5.49. The zero-order valence-electron chi connectivity index (χ0n) is 10.2. The first kappa shape index (κ1) is 13.8. The van der Waals surface area contributed by atoms with Gasteiger partial charge < -0.3 is 9.30 Å². The standard InChI is InChI=1S/C11H12ClN3O3S/c1-15-10(13-14-11(15)19(12,16)17)7-8-18-9-5-3-2-4-6-9/h2-6H,7-8H2,1H3. The van der Waals surface area contributed by atoms with Crippen LogP contribution < -0.4 is 4.74 Å². The second-order valence-electron chi connectivity index (χ2n) is 3.81. The highest BCUT2D eigenvalue weighted by molar-refractivity contribution is 8.13. The molecule has 0 radical (unpaired) electrons. The Bertz CT molecular complexity index is 655. The molecule has 0 aliphatic carbocycles. The van der Waals surface area contributed by atoms with Gasteiger partial charge in [0, 0.05) is 24.2 Å². The molecule has 0 fully saturated rings. The van der Waals surface area contributed by atoms with Gasteiger partial charge >= 0.3 is 0 Å². The molecule has 8 heteroatoms. The fourth-order valence-electron chi connectivity index (χ4n) is 1.55. The molecule has 2 rings (SSSR count). The molecule has 0 N–H and O–H groups in total. The lowest BCUT2D eigenvalue weighted by Crippen LogP contribution is -2.09. The van der Waals surface area contributed by atoms with Crippen molar-refractivity contribution in [2.24, 2.45) is 7.05 Å². The molecule has 19 heavy (non-hydrogen) atoms. The van der Waals surface area contributed by atoms with Crippen LogP contribution in [0.2, 0.25) is 0 Å². The van der Waals surface area contributed by atoms with Gasteiger partial charge in [0.25, 0.3) is 14.2 Å². The van der Waals surface area contributed by atoms with Crippen LogP contribution in [0.25, 0.3) is 0 Å². The average Bonchev–Trinajstić information content (AvgIpc) is 2.72. The molecule has 102 valence electrons. The number of benzene rings is 1. The third-order valence-electron chi connectivity index (χ3n) is 2.48. The SMILES string of the molecule is Cn1c(CCOc2ccccc2)nnc1S(=O)(=O)Cl. The lowest BCUT2D eigenvalue weighted by Gasteiger charge is -2.05. The molecule has 6 nitrogen and oxygen atoms in total. The summed E-state index contributed by atoms with van der Waals surface area (Å²) in [6.07, 6.45) is 0.435. The van der Waals surface area contributed by atoms with Crippen molar-refractivity contribution >= 4 is 19.7 Å².